The number of rotatable bonds is 14. The van der Waals surface area contributed by atoms with E-state index in [2.05, 4.69) is 37.8 Å². The summed E-state index contributed by atoms with van der Waals surface area (Å²) < 4.78 is 5.88. The Kier molecular flexibility index (Phi) is 11.3. The minimum absolute atomic E-state index is 0.310. The van der Waals surface area contributed by atoms with Gasteiger partial charge in [0.05, 0.1) is 5.56 Å². The van der Waals surface area contributed by atoms with Gasteiger partial charge in [-0.3, -0.25) is 0 Å². The van der Waals surface area contributed by atoms with E-state index in [0.717, 1.165) is 90.2 Å². The third-order valence-corrected chi connectivity index (χ3v) is 7.52. The standard InChI is InChI=1S/C38H41NO4/c1-4-7-25-39(26-8-5-2)32-21-23-34-33(6-3)35(38(42)43-36(34)27-32)22-19-30-15-11-28(12-16-30)9-10-29-13-17-31(18-14-29)20-24-37(40)41/h9-24,27H,4-8,25-26H2,1-3H3,(H,40,41)/b10-9+,22-19+,24-20+. The van der Waals surface area contributed by atoms with Crippen LogP contribution in [0, 0.1) is 0 Å². The lowest BCUT2D eigenvalue weighted by atomic mass is 10.0. The molecule has 0 radical (unpaired) electrons. The van der Waals surface area contributed by atoms with Crippen molar-refractivity contribution in [1.82, 2.24) is 0 Å². The maximum atomic E-state index is 13.2. The summed E-state index contributed by atoms with van der Waals surface area (Å²) in [6.45, 7) is 8.50. The van der Waals surface area contributed by atoms with E-state index in [1.807, 2.05) is 78.9 Å². The topological polar surface area (TPSA) is 70.8 Å². The Morgan fingerprint density at radius 1 is 0.744 bits per heavy atom. The molecule has 4 rings (SSSR count). The SMILES string of the molecule is CCCCN(CCCC)c1ccc2c(CC)c(/C=C/c3ccc(/C=C/c4ccc(/C=C/C(=O)O)cc4)cc3)c(=O)oc2c1. The van der Waals surface area contributed by atoms with Crippen LogP contribution in [-0.4, -0.2) is 24.2 Å². The average molecular weight is 576 g/mol. The van der Waals surface area contributed by atoms with E-state index < -0.39 is 5.97 Å². The van der Waals surface area contributed by atoms with Crippen molar-refractivity contribution >= 4 is 53.0 Å². The molecule has 0 saturated carbocycles. The molecule has 3 aromatic carbocycles. The highest BCUT2D eigenvalue weighted by atomic mass is 16.4. The number of nitrogens with zero attached hydrogens (tertiary/aromatic N) is 1. The predicted molar refractivity (Wildman–Crippen MR) is 181 cm³/mol. The largest absolute Gasteiger partial charge is 0.478 e. The van der Waals surface area contributed by atoms with Crippen LogP contribution in [0.5, 0.6) is 0 Å². The second kappa shape index (κ2) is 15.5. The maximum absolute atomic E-state index is 13.2. The molecule has 0 spiro atoms. The first-order chi connectivity index (χ1) is 20.9. The van der Waals surface area contributed by atoms with Gasteiger partial charge in [0.25, 0.3) is 0 Å². The molecule has 0 aliphatic rings. The van der Waals surface area contributed by atoms with E-state index >= 15 is 0 Å². The zero-order chi connectivity index (χ0) is 30.6. The van der Waals surface area contributed by atoms with Gasteiger partial charge in [0.15, 0.2) is 0 Å². The third-order valence-electron chi connectivity index (χ3n) is 7.52. The molecule has 0 atom stereocenters. The molecule has 1 aromatic heterocycles. The predicted octanol–water partition coefficient (Wildman–Crippen LogP) is 9.20. The Bertz CT molecular complexity index is 1650. The lowest BCUT2D eigenvalue weighted by Crippen LogP contribution is -2.25. The van der Waals surface area contributed by atoms with Gasteiger partial charge in [-0.25, -0.2) is 9.59 Å². The van der Waals surface area contributed by atoms with Gasteiger partial charge >= 0.3 is 11.6 Å². The summed E-state index contributed by atoms with van der Waals surface area (Å²) in [4.78, 5) is 26.2. The zero-order valence-corrected chi connectivity index (χ0v) is 25.4. The summed E-state index contributed by atoms with van der Waals surface area (Å²) >= 11 is 0. The van der Waals surface area contributed by atoms with E-state index in [0.29, 0.717) is 11.1 Å². The molecule has 1 heterocycles. The molecule has 0 amide bonds. The molecule has 0 saturated heterocycles. The number of hydrogen-bond acceptors (Lipinski definition) is 4. The van der Waals surface area contributed by atoms with Crippen LogP contribution in [0.4, 0.5) is 5.69 Å². The molecule has 4 aromatic rings. The van der Waals surface area contributed by atoms with Crippen LogP contribution in [0.2, 0.25) is 0 Å². The number of aryl methyl sites for hydroxylation is 1. The van der Waals surface area contributed by atoms with Gasteiger partial charge in [-0.1, -0.05) is 100 Å². The second-order valence-electron chi connectivity index (χ2n) is 10.7. The van der Waals surface area contributed by atoms with Gasteiger partial charge in [-0.2, -0.15) is 0 Å². The van der Waals surface area contributed by atoms with Gasteiger partial charge < -0.3 is 14.4 Å². The number of carbonyl (C=O) groups is 1. The molecule has 0 unspecified atom stereocenters. The summed E-state index contributed by atoms with van der Waals surface area (Å²) in [5.74, 6) is -0.963. The number of hydrogen-bond donors (Lipinski definition) is 1. The lowest BCUT2D eigenvalue weighted by Gasteiger charge is -2.25. The molecule has 1 N–H and O–H groups in total. The molecule has 0 bridgehead atoms. The van der Waals surface area contributed by atoms with E-state index in [1.54, 1.807) is 6.08 Å². The lowest BCUT2D eigenvalue weighted by molar-refractivity contribution is -0.131. The van der Waals surface area contributed by atoms with Crippen LogP contribution in [0.15, 0.2) is 82.0 Å². The van der Waals surface area contributed by atoms with Crippen LogP contribution in [0.1, 0.15) is 79.8 Å². The van der Waals surface area contributed by atoms with E-state index in [4.69, 9.17) is 9.52 Å². The van der Waals surface area contributed by atoms with Gasteiger partial charge in [0.1, 0.15) is 5.58 Å². The summed E-state index contributed by atoms with van der Waals surface area (Å²) in [5, 5.41) is 9.76. The van der Waals surface area contributed by atoms with Crippen LogP contribution in [0.25, 0.3) is 41.3 Å². The fourth-order valence-corrected chi connectivity index (χ4v) is 5.06. The van der Waals surface area contributed by atoms with Crippen molar-refractivity contribution in [2.75, 3.05) is 18.0 Å². The van der Waals surface area contributed by atoms with Gasteiger partial charge in [-0.05, 0) is 71.4 Å². The Hall–Kier alpha value is -4.64. The van der Waals surface area contributed by atoms with Crippen molar-refractivity contribution in [2.45, 2.75) is 52.9 Å². The van der Waals surface area contributed by atoms with Crippen molar-refractivity contribution in [3.8, 4) is 0 Å². The number of aliphatic carboxylic acids is 1. The quantitative estimate of drug-likeness (QED) is 0.0922. The first-order valence-electron chi connectivity index (χ1n) is 15.2. The average Bonchev–Trinajstić information content (AvgIpc) is 3.02. The highest BCUT2D eigenvalue weighted by Gasteiger charge is 2.14. The van der Waals surface area contributed by atoms with Crippen LogP contribution < -0.4 is 10.5 Å². The highest BCUT2D eigenvalue weighted by molar-refractivity contribution is 5.88. The monoisotopic (exact) mass is 575 g/mol. The van der Waals surface area contributed by atoms with E-state index in [9.17, 15) is 9.59 Å². The molecule has 5 heteroatoms. The van der Waals surface area contributed by atoms with Gasteiger partial charge in [0.2, 0.25) is 0 Å². The normalized spacial score (nSPS) is 11.8. The van der Waals surface area contributed by atoms with Gasteiger partial charge in [0, 0.05) is 36.3 Å². The molecule has 0 fully saturated rings. The molecule has 0 aliphatic heterocycles. The molecule has 222 valence electrons. The Balaban J connectivity index is 1.51. The maximum Gasteiger partial charge on any atom is 0.343 e. The van der Waals surface area contributed by atoms with Crippen molar-refractivity contribution in [3.05, 3.63) is 117 Å². The zero-order valence-electron chi connectivity index (χ0n) is 25.4. The smallest absolute Gasteiger partial charge is 0.343 e. The Morgan fingerprint density at radius 2 is 1.26 bits per heavy atom. The minimum Gasteiger partial charge on any atom is -0.478 e. The number of anilines is 1. The fraction of sp³-hybridized carbons (Fsp3) is 0.263. The van der Waals surface area contributed by atoms with Gasteiger partial charge in [-0.15, -0.1) is 0 Å². The number of carboxylic acids is 1. The minimum atomic E-state index is -0.963. The van der Waals surface area contributed by atoms with Crippen molar-refractivity contribution < 1.29 is 14.3 Å². The number of benzene rings is 3. The van der Waals surface area contributed by atoms with E-state index in [-0.39, 0.29) is 5.63 Å². The Labute approximate surface area is 254 Å². The summed E-state index contributed by atoms with van der Waals surface area (Å²) in [5.41, 5.74) is 6.96. The molecular formula is C38H41NO4. The summed E-state index contributed by atoms with van der Waals surface area (Å²) in [6.07, 6.45) is 15.9. The van der Waals surface area contributed by atoms with Crippen molar-refractivity contribution in [3.63, 3.8) is 0 Å². The summed E-state index contributed by atoms with van der Waals surface area (Å²) in [6, 6.07) is 22.1. The number of fused-ring (bicyclic) bond motifs is 1. The molecule has 43 heavy (non-hydrogen) atoms. The number of unbranched alkanes of at least 4 members (excludes halogenated alkanes) is 2. The van der Waals surface area contributed by atoms with E-state index in [1.165, 1.54) is 0 Å². The first-order valence-corrected chi connectivity index (χ1v) is 15.2. The van der Waals surface area contributed by atoms with Crippen molar-refractivity contribution in [1.29, 1.82) is 0 Å². The van der Waals surface area contributed by atoms with Crippen LogP contribution >= 0.6 is 0 Å². The third kappa shape index (κ3) is 8.68. The summed E-state index contributed by atoms with van der Waals surface area (Å²) in [7, 11) is 0. The highest BCUT2D eigenvalue weighted by Crippen LogP contribution is 2.27. The second-order valence-corrected chi connectivity index (χ2v) is 10.7. The van der Waals surface area contributed by atoms with Crippen molar-refractivity contribution in [2.24, 2.45) is 0 Å². The fourth-order valence-electron chi connectivity index (χ4n) is 5.06. The molecule has 5 nitrogen and oxygen atoms in total. The first kappa shape index (κ1) is 31.3. The Morgan fingerprint density at radius 3 is 1.74 bits per heavy atom. The van der Waals surface area contributed by atoms with Crippen LogP contribution in [0.3, 0.4) is 0 Å². The number of carboxylic acid groups (broad SMARTS) is 1. The molecular weight excluding hydrogens is 534 g/mol. The van der Waals surface area contributed by atoms with Crippen LogP contribution in [-0.2, 0) is 11.2 Å². The molecule has 0 aliphatic carbocycles.